The fraction of sp³-hybridized carbons (Fsp3) is 0.533. The fourth-order valence-corrected chi connectivity index (χ4v) is 3.75. The topological polar surface area (TPSA) is 84.9 Å². The summed E-state index contributed by atoms with van der Waals surface area (Å²) in [5.41, 5.74) is 1.75. The zero-order valence-electron chi connectivity index (χ0n) is 12.9. The molecule has 0 radical (unpaired) electrons. The summed E-state index contributed by atoms with van der Waals surface area (Å²) in [5.74, 6) is 0.727. The van der Waals surface area contributed by atoms with Gasteiger partial charge in [-0.1, -0.05) is 6.07 Å². The quantitative estimate of drug-likeness (QED) is 0.884. The zero-order chi connectivity index (χ0) is 16.4. The van der Waals surface area contributed by atoms with Crippen molar-refractivity contribution in [1.82, 2.24) is 4.90 Å². The molecule has 2 amide bonds. The fourth-order valence-electron chi connectivity index (χ4n) is 2.88. The molecule has 7 nitrogen and oxygen atoms in total. The highest BCUT2D eigenvalue weighted by atomic mass is 32.2. The van der Waals surface area contributed by atoms with Crippen molar-refractivity contribution >= 4 is 21.6 Å². The maximum Gasteiger partial charge on any atom is 0.322 e. The molecule has 1 unspecified atom stereocenters. The van der Waals surface area contributed by atoms with Crippen molar-refractivity contribution < 1.29 is 22.7 Å². The lowest BCUT2D eigenvalue weighted by atomic mass is 10.1. The molecule has 1 atom stereocenters. The van der Waals surface area contributed by atoms with Gasteiger partial charge in [0, 0.05) is 37.0 Å². The number of carbonyl (C=O) groups is 1. The predicted octanol–water partition coefficient (Wildman–Crippen LogP) is 0.899. The van der Waals surface area contributed by atoms with Gasteiger partial charge in [-0.15, -0.1) is 0 Å². The lowest BCUT2D eigenvalue weighted by molar-refractivity contribution is 0.000457. The molecule has 2 aliphatic heterocycles. The largest absolute Gasteiger partial charge is 0.493 e. The normalized spacial score (nSPS) is 20.7. The van der Waals surface area contributed by atoms with Crippen molar-refractivity contribution in [2.75, 3.05) is 43.6 Å². The van der Waals surface area contributed by atoms with E-state index in [1.54, 1.807) is 4.90 Å². The van der Waals surface area contributed by atoms with Crippen LogP contribution in [0.3, 0.4) is 0 Å². The third-order valence-corrected chi connectivity index (χ3v) is 4.88. The van der Waals surface area contributed by atoms with Crippen LogP contribution in [0, 0.1) is 0 Å². The van der Waals surface area contributed by atoms with Gasteiger partial charge in [-0.2, -0.15) is 0 Å². The van der Waals surface area contributed by atoms with Crippen LogP contribution in [0.1, 0.15) is 5.56 Å². The van der Waals surface area contributed by atoms with Gasteiger partial charge >= 0.3 is 6.03 Å². The van der Waals surface area contributed by atoms with E-state index >= 15 is 0 Å². The molecule has 126 valence electrons. The Morgan fingerprint density at radius 3 is 3.00 bits per heavy atom. The average Bonchev–Trinajstić information content (AvgIpc) is 2.95. The number of hydrogen-bond donors (Lipinski definition) is 1. The first kappa shape index (κ1) is 16.1. The van der Waals surface area contributed by atoms with Gasteiger partial charge < -0.3 is 19.7 Å². The van der Waals surface area contributed by atoms with Crippen molar-refractivity contribution in [3.8, 4) is 5.75 Å². The molecule has 8 heteroatoms. The number of hydrogen-bond acceptors (Lipinski definition) is 5. The standard InChI is InChI=1S/C15H20N2O5S/c1-23(19,20)10-11-9-17(6-8-21-11)15(18)16-13-3-2-4-14-12(13)5-7-22-14/h2-4,11H,5-10H2,1H3,(H,16,18). The number of rotatable bonds is 3. The molecule has 1 N–H and O–H groups in total. The first-order valence-electron chi connectivity index (χ1n) is 7.52. The van der Waals surface area contributed by atoms with Crippen LogP contribution in [-0.2, 0) is 21.0 Å². The summed E-state index contributed by atoms with van der Waals surface area (Å²) >= 11 is 0. The van der Waals surface area contributed by atoms with Crippen LogP contribution in [0.4, 0.5) is 10.5 Å². The van der Waals surface area contributed by atoms with Crippen molar-refractivity contribution in [3.05, 3.63) is 23.8 Å². The SMILES string of the molecule is CS(=O)(=O)CC1CN(C(=O)Nc2cccc3c2CCO3)CCO1. The van der Waals surface area contributed by atoms with Gasteiger partial charge in [0.2, 0.25) is 0 Å². The Kier molecular flexibility index (Phi) is 4.45. The summed E-state index contributed by atoms with van der Waals surface area (Å²) in [6.45, 7) is 1.67. The molecule has 23 heavy (non-hydrogen) atoms. The molecule has 1 aromatic rings. The van der Waals surface area contributed by atoms with Gasteiger partial charge in [0.15, 0.2) is 0 Å². The number of nitrogens with one attached hydrogen (secondary N) is 1. The maximum absolute atomic E-state index is 12.4. The number of sulfone groups is 1. The molecule has 1 saturated heterocycles. The summed E-state index contributed by atoms with van der Waals surface area (Å²) < 4.78 is 33.7. The van der Waals surface area contributed by atoms with E-state index in [2.05, 4.69) is 5.32 Å². The first-order chi connectivity index (χ1) is 10.9. The third kappa shape index (κ3) is 3.94. The molecule has 0 saturated carbocycles. The molecule has 2 aliphatic rings. The van der Waals surface area contributed by atoms with Gasteiger partial charge in [0.05, 0.1) is 25.1 Å². The minimum absolute atomic E-state index is 0.0780. The summed E-state index contributed by atoms with van der Waals surface area (Å²) in [6, 6.07) is 5.33. The van der Waals surface area contributed by atoms with Crippen LogP contribution in [-0.4, -0.2) is 63.8 Å². The highest BCUT2D eigenvalue weighted by Crippen LogP contribution is 2.31. The molecular weight excluding hydrogens is 320 g/mol. The molecule has 3 rings (SSSR count). The Morgan fingerprint density at radius 2 is 2.22 bits per heavy atom. The monoisotopic (exact) mass is 340 g/mol. The Hall–Kier alpha value is -1.80. The highest BCUT2D eigenvalue weighted by molar-refractivity contribution is 7.90. The number of amides is 2. The number of urea groups is 1. The summed E-state index contributed by atoms with van der Waals surface area (Å²) in [5, 5.41) is 2.90. The first-order valence-corrected chi connectivity index (χ1v) is 9.58. The summed E-state index contributed by atoms with van der Waals surface area (Å²) in [4.78, 5) is 14.0. The molecule has 1 aromatic carbocycles. The number of ether oxygens (including phenoxy) is 2. The van der Waals surface area contributed by atoms with E-state index in [-0.39, 0.29) is 18.3 Å². The van der Waals surface area contributed by atoms with Crippen LogP contribution in [0.15, 0.2) is 18.2 Å². The third-order valence-electron chi connectivity index (χ3n) is 3.90. The van der Waals surface area contributed by atoms with Crippen molar-refractivity contribution in [2.45, 2.75) is 12.5 Å². The molecule has 0 bridgehead atoms. The lowest BCUT2D eigenvalue weighted by Crippen LogP contribution is -2.49. The minimum Gasteiger partial charge on any atom is -0.493 e. The smallest absolute Gasteiger partial charge is 0.322 e. The van der Waals surface area contributed by atoms with E-state index in [1.165, 1.54) is 6.26 Å². The number of nitrogens with zero attached hydrogens (tertiary/aromatic N) is 1. The van der Waals surface area contributed by atoms with E-state index in [0.717, 1.165) is 23.4 Å². The Balaban J connectivity index is 1.65. The van der Waals surface area contributed by atoms with Crippen molar-refractivity contribution in [3.63, 3.8) is 0 Å². The number of fused-ring (bicyclic) bond motifs is 1. The summed E-state index contributed by atoms with van der Waals surface area (Å²) in [7, 11) is -3.14. The van der Waals surface area contributed by atoms with E-state index in [4.69, 9.17) is 9.47 Å². The van der Waals surface area contributed by atoms with Crippen molar-refractivity contribution in [2.24, 2.45) is 0 Å². The van der Waals surface area contributed by atoms with Crippen molar-refractivity contribution in [1.29, 1.82) is 0 Å². The summed E-state index contributed by atoms with van der Waals surface area (Å²) in [6.07, 6.45) is 1.46. The van der Waals surface area contributed by atoms with Gasteiger partial charge in [-0.3, -0.25) is 0 Å². The second-order valence-corrected chi connectivity index (χ2v) is 8.03. The molecule has 2 heterocycles. The average molecular weight is 340 g/mol. The second kappa shape index (κ2) is 6.37. The molecule has 0 aliphatic carbocycles. The van der Waals surface area contributed by atoms with E-state index in [0.29, 0.717) is 19.8 Å². The Morgan fingerprint density at radius 1 is 1.39 bits per heavy atom. The van der Waals surface area contributed by atoms with Crippen LogP contribution in [0.25, 0.3) is 0 Å². The van der Waals surface area contributed by atoms with Crippen LogP contribution in [0.5, 0.6) is 5.75 Å². The minimum atomic E-state index is -3.14. The lowest BCUT2D eigenvalue weighted by Gasteiger charge is -2.32. The number of carbonyl (C=O) groups excluding carboxylic acids is 1. The van der Waals surface area contributed by atoms with Gasteiger partial charge in [-0.05, 0) is 12.1 Å². The van der Waals surface area contributed by atoms with E-state index in [1.807, 2.05) is 18.2 Å². The van der Waals surface area contributed by atoms with E-state index in [9.17, 15) is 13.2 Å². The number of morpholine rings is 1. The van der Waals surface area contributed by atoms with Crippen LogP contribution >= 0.6 is 0 Å². The van der Waals surface area contributed by atoms with Gasteiger partial charge in [0.1, 0.15) is 15.6 Å². The number of anilines is 1. The Bertz CT molecular complexity index is 704. The zero-order valence-corrected chi connectivity index (χ0v) is 13.8. The van der Waals surface area contributed by atoms with Gasteiger partial charge in [0.25, 0.3) is 0 Å². The number of benzene rings is 1. The van der Waals surface area contributed by atoms with Crippen LogP contribution in [0.2, 0.25) is 0 Å². The van der Waals surface area contributed by atoms with E-state index < -0.39 is 15.9 Å². The second-order valence-electron chi connectivity index (χ2n) is 5.84. The Labute approximate surface area is 135 Å². The molecule has 0 aromatic heterocycles. The molecular formula is C15H20N2O5S. The molecule has 0 spiro atoms. The highest BCUT2D eigenvalue weighted by Gasteiger charge is 2.27. The predicted molar refractivity (Wildman–Crippen MR) is 85.7 cm³/mol. The van der Waals surface area contributed by atoms with Crippen LogP contribution < -0.4 is 10.1 Å². The maximum atomic E-state index is 12.4. The molecule has 1 fully saturated rings. The van der Waals surface area contributed by atoms with Gasteiger partial charge in [-0.25, -0.2) is 13.2 Å².